The van der Waals surface area contributed by atoms with Gasteiger partial charge in [0, 0.05) is 18.3 Å². The fourth-order valence-electron chi connectivity index (χ4n) is 3.46. The third kappa shape index (κ3) is 4.03. The number of sulfonamides is 1. The summed E-state index contributed by atoms with van der Waals surface area (Å²) in [5, 5.41) is 3.27. The average Bonchev–Trinajstić information content (AvgIpc) is 2.76. The van der Waals surface area contributed by atoms with Gasteiger partial charge in [-0.25, -0.2) is 18.4 Å². The van der Waals surface area contributed by atoms with E-state index in [9.17, 15) is 13.2 Å². The molecule has 0 unspecified atom stereocenters. The molecule has 0 bridgehead atoms. The zero-order valence-corrected chi connectivity index (χ0v) is 19.0. The molecular formula is C22H22N4O3S2. The van der Waals surface area contributed by atoms with Gasteiger partial charge in [-0.3, -0.25) is 9.10 Å². The second kappa shape index (κ2) is 8.32. The Morgan fingerprint density at radius 2 is 1.97 bits per heavy atom. The third-order valence-electron chi connectivity index (χ3n) is 5.12. The van der Waals surface area contributed by atoms with Gasteiger partial charge in [-0.05, 0) is 37.1 Å². The zero-order chi connectivity index (χ0) is 22.2. The highest BCUT2D eigenvalue weighted by Crippen LogP contribution is 2.41. The number of nitrogens with one attached hydrogen (secondary N) is 1. The van der Waals surface area contributed by atoms with E-state index in [-0.39, 0.29) is 16.6 Å². The van der Waals surface area contributed by atoms with Crippen molar-refractivity contribution < 1.29 is 13.2 Å². The predicted molar refractivity (Wildman–Crippen MR) is 123 cm³/mol. The van der Waals surface area contributed by atoms with Gasteiger partial charge in [0.1, 0.15) is 4.90 Å². The molecule has 0 saturated heterocycles. The van der Waals surface area contributed by atoms with Gasteiger partial charge in [0.15, 0.2) is 5.16 Å². The van der Waals surface area contributed by atoms with Gasteiger partial charge in [0.2, 0.25) is 5.91 Å². The Bertz CT molecular complexity index is 1280. The number of nitrogens with zero attached hydrogens (tertiary/aromatic N) is 3. The van der Waals surface area contributed by atoms with Crippen LogP contribution in [0.2, 0.25) is 0 Å². The van der Waals surface area contributed by atoms with Crippen molar-refractivity contribution in [2.75, 3.05) is 22.4 Å². The molecule has 4 rings (SSSR count). The molecule has 0 aliphatic carbocycles. The molecule has 9 heteroatoms. The number of carbonyl (C=O) groups is 1. The number of hydrogen-bond donors (Lipinski definition) is 1. The first-order valence-electron chi connectivity index (χ1n) is 9.79. The van der Waals surface area contributed by atoms with E-state index in [0.717, 1.165) is 28.8 Å². The maximum Gasteiger partial charge on any atom is 0.267 e. The summed E-state index contributed by atoms with van der Waals surface area (Å²) in [5.74, 6) is -0.0553. The van der Waals surface area contributed by atoms with Gasteiger partial charge in [-0.15, -0.1) is 0 Å². The molecule has 0 saturated carbocycles. The van der Waals surface area contributed by atoms with Crippen LogP contribution in [-0.4, -0.2) is 37.1 Å². The lowest BCUT2D eigenvalue weighted by Gasteiger charge is -2.28. The van der Waals surface area contributed by atoms with Crippen molar-refractivity contribution >= 4 is 39.1 Å². The van der Waals surface area contributed by atoms with Crippen LogP contribution >= 0.6 is 11.8 Å². The van der Waals surface area contributed by atoms with E-state index in [4.69, 9.17) is 0 Å². The topological polar surface area (TPSA) is 92.3 Å². The molecule has 0 spiro atoms. The largest absolute Gasteiger partial charge is 0.325 e. The van der Waals surface area contributed by atoms with E-state index in [1.807, 2.05) is 50.2 Å². The number of para-hydroxylation sites is 1. The Morgan fingerprint density at radius 3 is 2.74 bits per heavy atom. The molecule has 1 aromatic heterocycles. The maximum absolute atomic E-state index is 12.9. The molecule has 3 aromatic rings. The fourth-order valence-corrected chi connectivity index (χ4v) is 5.38. The van der Waals surface area contributed by atoms with Gasteiger partial charge in [0.25, 0.3) is 10.0 Å². The number of hydrogen-bond acceptors (Lipinski definition) is 6. The summed E-state index contributed by atoms with van der Waals surface area (Å²) in [6, 6.07) is 13.2. The van der Waals surface area contributed by atoms with Gasteiger partial charge in [-0.1, -0.05) is 48.5 Å². The number of amides is 1. The van der Waals surface area contributed by atoms with Crippen LogP contribution in [0.25, 0.3) is 11.3 Å². The minimum absolute atomic E-state index is 0.0683. The highest BCUT2D eigenvalue weighted by molar-refractivity contribution is 7.99. The van der Waals surface area contributed by atoms with Crippen molar-refractivity contribution in [2.24, 2.45) is 0 Å². The Balaban J connectivity index is 1.59. The zero-order valence-electron chi connectivity index (χ0n) is 17.4. The molecular weight excluding hydrogens is 432 g/mol. The van der Waals surface area contributed by atoms with Crippen LogP contribution in [-0.2, 0) is 21.2 Å². The minimum Gasteiger partial charge on any atom is -0.325 e. The second-order valence-corrected chi connectivity index (χ2v) is 10.1. The molecule has 7 nitrogen and oxygen atoms in total. The van der Waals surface area contributed by atoms with Crippen molar-refractivity contribution in [3.63, 3.8) is 0 Å². The first-order valence-corrected chi connectivity index (χ1v) is 12.2. The van der Waals surface area contributed by atoms with Crippen LogP contribution in [0.15, 0.2) is 58.7 Å². The number of carbonyl (C=O) groups excluding carboxylic acids is 1. The molecule has 2 aromatic carbocycles. The van der Waals surface area contributed by atoms with Crippen molar-refractivity contribution in [1.82, 2.24) is 9.97 Å². The van der Waals surface area contributed by atoms with E-state index in [2.05, 4.69) is 15.3 Å². The molecule has 2 heterocycles. The first kappa shape index (κ1) is 21.3. The Labute approximate surface area is 186 Å². The molecule has 160 valence electrons. The second-order valence-electron chi connectivity index (χ2n) is 7.21. The number of aryl methyl sites for hydroxylation is 2. The molecule has 0 fully saturated rings. The van der Waals surface area contributed by atoms with Crippen LogP contribution in [0.5, 0.6) is 0 Å². The third-order valence-corrected chi connectivity index (χ3v) is 7.76. The Hall–Kier alpha value is -2.91. The number of thioether (sulfide) groups is 1. The Morgan fingerprint density at radius 1 is 1.19 bits per heavy atom. The summed E-state index contributed by atoms with van der Waals surface area (Å²) in [5.41, 5.74) is 4.53. The van der Waals surface area contributed by atoms with Gasteiger partial charge >= 0.3 is 0 Å². The van der Waals surface area contributed by atoms with Crippen LogP contribution < -0.4 is 9.62 Å². The van der Waals surface area contributed by atoms with E-state index in [1.54, 1.807) is 6.07 Å². The number of anilines is 2. The van der Waals surface area contributed by atoms with Gasteiger partial charge in [0.05, 0.1) is 23.3 Å². The number of fused-ring (bicyclic) bond motifs is 3. The van der Waals surface area contributed by atoms with Crippen molar-refractivity contribution in [3.8, 4) is 11.3 Å². The van der Waals surface area contributed by atoms with Crippen LogP contribution in [0.1, 0.15) is 18.1 Å². The first-order chi connectivity index (χ1) is 14.8. The molecule has 31 heavy (non-hydrogen) atoms. The van der Waals surface area contributed by atoms with E-state index >= 15 is 0 Å². The van der Waals surface area contributed by atoms with E-state index < -0.39 is 10.0 Å². The molecule has 1 amide bonds. The van der Waals surface area contributed by atoms with Gasteiger partial charge < -0.3 is 5.32 Å². The smallest absolute Gasteiger partial charge is 0.267 e. The lowest BCUT2D eigenvalue weighted by molar-refractivity contribution is -0.113. The number of benzene rings is 2. The summed E-state index contributed by atoms with van der Waals surface area (Å²) in [7, 11) is -2.20. The lowest BCUT2D eigenvalue weighted by atomic mass is 10.1. The molecule has 0 radical (unpaired) electrons. The number of rotatable bonds is 5. The summed E-state index contributed by atoms with van der Waals surface area (Å²) < 4.78 is 27.0. The fraction of sp³-hybridized carbons (Fsp3) is 0.227. The predicted octanol–water partition coefficient (Wildman–Crippen LogP) is 3.88. The van der Waals surface area contributed by atoms with Crippen molar-refractivity contribution in [2.45, 2.75) is 30.3 Å². The maximum atomic E-state index is 12.9. The average molecular weight is 455 g/mol. The summed E-state index contributed by atoms with van der Waals surface area (Å²) >= 11 is 1.17. The highest BCUT2D eigenvalue weighted by atomic mass is 32.2. The Kier molecular flexibility index (Phi) is 5.72. The molecule has 1 aliphatic rings. The standard InChI is InChI=1S/C22H22N4O3S2/c1-4-15-7-5-6-8-17(15)24-20(27)13-30-22-23-12-19-21(25-22)16-11-14(2)9-10-18(16)26(3)31(19,28)29/h5-12H,4,13H2,1-3H3,(H,24,27). The van der Waals surface area contributed by atoms with E-state index in [0.29, 0.717) is 16.5 Å². The molecule has 0 atom stereocenters. The quantitative estimate of drug-likeness (QED) is 0.465. The normalized spacial score (nSPS) is 14.0. The minimum atomic E-state index is -3.72. The lowest BCUT2D eigenvalue weighted by Crippen LogP contribution is -2.31. The van der Waals surface area contributed by atoms with Crippen molar-refractivity contribution in [3.05, 3.63) is 59.8 Å². The van der Waals surface area contributed by atoms with Crippen LogP contribution in [0.3, 0.4) is 0 Å². The SMILES string of the molecule is CCc1ccccc1NC(=O)CSc1ncc2c(n1)-c1cc(C)ccc1N(C)S2(=O)=O. The monoisotopic (exact) mass is 454 g/mol. The molecule has 1 aliphatic heterocycles. The van der Waals surface area contributed by atoms with Gasteiger partial charge in [-0.2, -0.15) is 0 Å². The van der Waals surface area contributed by atoms with Crippen molar-refractivity contribution in [1.29, 1.82) is 0 Å². The number of aromatic nitrogens is 2. The molecule has 1 N–H and O–H groups in total. The van der Waals surface area contributed by atoms with E-state index in [1.165, 1.54) is 29.3 Å². The highest BCUT2D eigenvalue weighted by Gasteiger charge is 2.34. The summed E-state index contributed by atoms with van der Waals surface area (Å²) in [6.45, 7) is 3.98. The van der Waals surface area contributed by atoms with Crippen LogP contribution in [0.4, 0.5) is 11.4 Å². The summed E-state index contributed by atoms with van der Waals surface area (Å²) in [4.78, 5) is 21.2. The summed E-state index contributed by atoms with van der Waals surface area (Å²) in [6.07, 6.45) is 2.14. The van der Waals surface area contributed by atoms with Crippen LogP contribution in [0, 0.1) is 6.92 Å².